The quantitative estimate of drug-likeness (QED) is 0.0715. The van der Waals surface area contributed by atoms with Gasteiger partial charge in [-0.1, -0.05) is 182 Å². The minimum Gasteiger partial charge on any atom is -0.481 e. The van der Waals surface area contributed by atoms with Gasteiger partial charge in [-0.05, 0) is 141 Å². The number of fused-ring (bicyclic) bond motifs is 7. The molecule has 5 fully saturated rings. The number of carboxylic acid groups (broad SMARTS) is 1. The van der Waals surface area contributed by atoms with E-state index in [0.29, 0.717) is 34.0 Å². The van der Waals surface area contributed by atoms with Crippen LogP contribution in [0.3, 0.4) is 0 Å². The summed E-state index contributed by atoms with van der Waals surface area (Å²) in [6.45, 7) is 22.8. The van der Waals surface area contributed by atoms with Crippen LogP contribution in [-0.4, -0.2) is 21.8 Å². The molecular weight excluding hydrogens is 697 g/mol. The van der Waals surface area contributed by atoms with E-state index in [9.17, 15) is 9.90 Å². The molecule has 3 nitrogen and oxygen atoms in total. The first-order valence-electron chi connectivity index (χ1n) is 25.7. The zero-order valence-corrected chi connectivity index (χ0v) is 39.2. The molecule has 0 saturated heterocycles. The van der Waals surface area contributed by atoms with Crippen LogP contribution in [0.25, 0.3) is 0 Å². The summed E-state index contributed by atoms with van der Waals surface area (Å²) in [4.78, 5) is 10.6. The van der Waals surface area contributed by atoms with Crippen molar-refractivity contribution in [1.82, 2.24) is 0 Å². The Bertz CT molecular complexity index is 1270. The lowest BCUT2D eigenvalue weighted by molar-refractivity contribution is -0.265. The van der Waals surface area contributed by atoms with Crippen LogP contribution in [0, 0.1) is 56.7 Å². The fourth-order valence-electron chi connectivity index (χ4n) is 16.0. The zero-order chi connectivity index (χ0) is 41.4. The summed E-state index contributed by atoms with van der Waals surface area (Å²) >= 11 is 0. The molecule has 0 aliphatic heterocycles. The maximum absolute atomic E-state index is 12.5. The molecule has 2 N–H and O–H groups in total. The van der Waals surface area contributed by atoms with Gasteiger partial charge in [0.2, 0.25) is 0 Å². The number of carbonyl (C=O) groups is 1. The third-order valence-corrected chi connectivity index (χ3v) is 19.9. The molecule has 3 heteroatoms. The first-order chi connectivity index (χ1) is 27.1. The molecule has 0 aromatic rings. The number of hydrogen-bond donors (Lipinski definition) is 2. The summed E-state index contributed by atoms with van der Waals surface area (Å²) in [7, 11) is 0. The number of aliphatic carboxylic acids is 1. The number of allylic oxidation sites excluding steroid dienone is 1. The van der Waals surface area contributed by atoms with E-state index in [-0.39, 0.29) is 5.41 Å². The van der Waals surface area contributed by atoms with Gasteiger partial charge in [-0.25, -0.2) is 0 Å². The van der Waals surface area contributed by atoms with Gasteiger partial charge >= 0.3 is 5.97 Å². The summed E-state index contributed by atoms with van der Waals surface area (Å²) in [5, 5.41) is 21.2. The Morgan fingerprint density at radius 1 is 0.544 bits per heavy atom. The third-order valence-electron chi connectivity index (χ3n) is 19.9. The number of unbranched alkanes of at least 4 members (excludes halogenated alkanes) is 20. The van der Waals surface area contributed by atoms with Crippen molar-refractivity contribution in [2.75, 3.05) is 0 Å². The van der Waals surface area contributed by atoms with Crippen molar-refractivity contribution in [1.29, 1.82) is 0 Å². The van der Waals surface area contributed by atoms with Crippen LogP contribution in [0.15, 0.2) is 12.2 Å². The molecule has 0 heterocycles. The summed E-state index contributed by atoms with van der Waals surface area (Å²) < 4.78 is 0. The molecule has 57 heavy (non-hydrogen) atoms. The average molecular weight is 793 g/mol. The highest BCUT2D eigenvalue weighted by Gasteiger charge is 2.71. The van der Waals surface area contributed by atoms with Gasteiger partial charge in [0.05, 0.1) is 5.60 Å². The van der Waals surface area contributed by atoms with Crippen LogP contribution < -0.4 is 0 Å². The Kier molecular flexibility index (Phi) is 16.9. The van der Waals surface area contributed by atoms with E-state index in [1.54, 1.807) is 0 Å². The smallest absolute Gasteiger partial charge is 0.303 e. The molecule has 0 spiro atoms. The van der Waals surface area contributed by atoms with Gasteiger partial charge in [-0.3, -0.25) is 4.79 Å². The van der Waals surface area contributed by atoms with E-state index >= 15 is 0 Å². The molecule has 0 amide bonds. The number of aliphatic hydroxyl groups is 1. The summed E-state index contributed by atoms with van der Waals surface area (Å²) in [6, 6.07) is 0. The lowest BCUT2D eigenvalue weighted by Gasteiger charge is -2.73. The van der Waals surface area contributed by atoms with E-state index in [0.717, 1.165) is 49.4 Å². The van der Waals surface area contributed by atoms with Gasteiger partial charge in [0.25, 0.3) is 0 Å². The van der Waals surface area contributed by atoms with Crippen LogP contribution in [0.2, 0.25) is 0 Å². The van der Waals surface area contributed by atoms with Crippen molar-refractivity contribution in [3.8, 4) is 0 Å². The minimum absolute atomic E-state index is 0.0199. The van der Waals surface area contributed by atoms with Crippen molar-refractivity contribution < 1.29 is 15.0 Å². The number of carboxylic acids is 1. The Morgan fingerprint density at radius 3 is 1.53 bits per heavy atom. The van der Waals surface area contributed by atoms with Crippen molar-refractivity contribution >= 4 is 5.97 Å². The fourth-order valence-corrected chi connectivity index (χ4v) is 16.0. The Labute approximate surface area is 354 Å². The molecular formula is C54H96O3. The summed E-state index contributed by atoms with van der Waals surface area (Å²) in [5.74, 6) is 3.19. The number of hydrogen-bond acceptors (Lipinski definition) is 2. The summed E-state index contributed by atoms with van der Waals surface area (Å²) in [5.41, 5.74) is 2.64. The van der Waals surface area contributed by atoms with Gasteiger partial charge in [0, 0.05) is 6.42 Å². The molecule has 0 aromatic heterocycles. The van der Waals surface area contributed by atoms with Crippen LogP contribution >= 0.6 is 0 Å². The van der Waals surface area contributed by atoms with Crippen LogP contribution in [-0.2, 0) is 4.79 Å². The van der Waals surface area contributed by atoms with Crippen LogP contribution in [0.1, 0.15) is 260 Å². The maximum atomic E-state index is 12.5. The number of rotatable bonds is 25. The molecule has 5 aliphatic rings. The molecule has 5 rings (SSSR count). The molecule has 0 aromatic carbocycles. The van der Waals surface area contributed by atoms with Crippen molar-refractivity contribution in [2.24, 2.45) is 56.7 Å². The molecule has 0 bridgehead atoms. The Balaban J connectivity index is 0.935. The average Bonchev–Trinajstić information content (AvgIpc) is 3.52. The highest BCUT2D eigenvalue weighted by Crippen LogP contribution is 2.78. The van der Waals surface area contributed by atoms with E-state index < -0.39 is 11.6 Å². The minimum atomic E-state index is -0.653. The second kappa shape index (κ2) is 20.4. The van der Waals surface area contributed by atoms with Gasteiger partial charge in [0.15, 0.2) is 0 Å². The monoisotopic (exact) mass is 793 g/mol. The van der Waals surface area contributed by atoms with Gasteiger partial charge in [-0.2, -0.15) is 0 Å². The second-order valence-corrected chi connectivity index (χ2v) is 23.4. The highest BCUT2D eigenvalue weighted by molar-refractivity contribution is 5.66. The third kappa shape index (κ3) is 10.3. The normalized spacial score (nSPS) is 38.2. The Morgan fingerprint density at radius 2 is 1.04 bits per heavy atom. The molecule has 0 radical (unpaired) electrons. The molecule has 330 valence electrons. The zero-order valence-electron chi connectivity index (χ0n) is 39.2. The van der Waals surface area contributed by atoms with Gasteiger partial charge < -0.3 is 10.2 Å². The maximum Gasteiger partial charge on any atom is 0.303 e. The topological polar surface area (TPSA) is 57.5 Å². The first kappa shape index (κ1) is 47.2. The highest BCUT2D eigenvalue weighted by atomic mass is 16.4. The van der Waals surface area contributed by atoms with Gasteiger partial charge in [-0.15, -0.1) is 0 Å². The SMILES string of the molecule is C=C(C)[C@@H]1CC[C@]2(C)CC[C@]3(C)[C@H](CC[C@@H]4[C@@]5(C)CCC(O)(CCCCCCCCCCCCCCCCCCCCCCCC(=O)O)C(C)(C)[C@@H]5CC[C@]43C)[C@@H]12. The van der Waals surface area contributed by atoms with E-state index in [2.05, 4.69) is 55.0 Å². The molecule has 10 atom stereocenters. The van der Waals surface area contributed by atoms with E-state index in [4.69, 9.17) is 5.11 Å². The lowest BCUT2D eigenvalue weighted by Crippen LogP contribution is -2.68. The predicted molar refractivity (Wildman–Crippen MR) is 243 cm³/mol. The van der Waals surface area contributed by atoms with Gasteiger partial charge in [0.1, 0.15) is 0 Å². The van der Waals surface area contributed by atoms with E-state index in [1.165, 1.54) is 185 Å². The van der Waals surface area contributed by atoms with Crippen LogP contribution in [0.4, 0.5) is 0 Å². The van der Waals surface area contributed by atoms with E-state index in [1.807, 2.05) is 0 Å². The van der Waals surface area contributed by atoms with Crippen molar-refractivity contribution in [3.63, 3.8) is 0 Å². The fraction of sp³-hybridized carbons (Fsp3) is 0.944. The van der Waals surface area contributed by atoms with Crippen molar-refractivity contribution in [2.45, 2.75) is 266 Å². The van der Waals surface area contributed by atoms with Crippen LogP contribution in [0.5, 0.6) is 0 Å². The predicted octanol–water partition coefficient (Wildman–Crippen LogP) is 16.5. The summed E-state index contributed by atoms with van der Waals surface area (Å²) in [6.07, 6.45) is 42.6. The molecule has 1 unspecified atom stereocenters. The lowest BCUT2D eigenvalue weighted by atomic mass is 9.31. The van der Waals surface area contributed by atoms with Crippen molar-refractivity contribution in [3.05, 3.63) is 12.2 Å². The molecule has 5 aliphatic carbocycles. The first-order valence-corrected chi connectivity index (χ1v) is 25.7. The standard InChI is InChI=1S/C54H96O3/c1-42(2)43-33-36-50(5)38-40-52(7)44(48(43)50)31-32-46-51(6)39-41-54(57,49(3,4)45(51)34-37-53(46,52)8)35-29-27-25-23-21-19-17-15-13-11-9-10-12-14-16-18-20-22-24-26-28-30-47(55)56/h43-46,48,57H,1,9-41H2,2-8H3,(H,55,56)/t43-,44+,45-,46+,48+,50+,51-,52+,53+,54?/m0/s1. The largest absolute Gasteiger partial charge is 0.481 e. The molecule has 5 saturated carbocycles. The Hall–Kier alpha value is -0.830. The second-order valence-electron chi connectivity index (χ2n) is 23.4.